The second-order valence-electron chi connectivity index (χ2n) is 7.69. The molecule has 0 saturated heterocycles. The highest BCUT2D eigenvalue weighted by atomic mass is 16.5. The molecular weight excluding hydrogens is 376 g/mol. The molecule has 2 aromatic rings. The summed E-state index contributed by atoms with van der Waals surface area (Å²) in [6.07, 6.45) is 2.47. The van der Waals surface area contributed by atoms with E-state index in [2.05, 4.69) is 18.3 Å². The number of carbonyl (C=O) groups excluding carboxylic acids is 2. The van der Waals surface area contributed by atoms with E-state index in [1.807, 2.05) is 63.2 Å². The third-order valence-corrected chi connectivity index (χ3v) is 4.97. The molecule has 1 atom stereocenters. The van der Waals surface area contributed by atoms with Crippen LogP contribution in [0, 0.1) is 13.8 Å². The molecule has 0 spiro atoms. The van der Waals surface area contributed by atoms with Gasteiger partial charge in [0.1, 0.15) is 11.8 Å². The Hall–Kier alpha value is -2.82. The summed E-state index contributed by atoms with van der Waals surface area (Å²) in [6, 6.07) is 15.1. The van der Waals surface area contributed by atoms with Gasteiger partial charge in [-0.25, -0.2) is 0 Å². The van der Waals surface area contributed by atoms with Gasteiger partial charge in [-0.3, -0.25) is 9.59 Å². The van der Waals surface area contributed by atoms with Gasteiger partial charge in [0.15, 0.2) is 6.61 Å². The predicted molar refractivity (Wildman–Crippen MR) is 120 cm³/mol. The molecule has 2 rings (SSSR count). The molecule has 162 valence electrons. The highest BCUT2D eigenvalue weighted by Crippen LogP contribution is 2.17. The fraction of sp³-hybridized carbons (Fsp3) is 0.440. The van der Waals surface area contributed by atoms with E-state index in [0.717, 1.165) is 29.5 Å². The quantitative estimate of drug-likeness (QED) is 0.559. The van der Waals surface area contributed by atoms with Crippen LogP contribution in [0.1, 0.15) is 49.8 Å². The van der Waals surface area contributed by atoms with E-state index in [4.69, 9.17) is 4.74 Å². The van der Waals surface area contributed by atoms with Crippen molar-refractivity contribution in [2.75, 3.05) is 13.2 Å². The van der Waals surface area contributed by atoms with Gasteiger partial charge >= 0.3 is 0 Å². The summed E-state index contributed by atoms with van der Waals surface area (Å²) in [5, 5.41) is 2.97. The molecule has 2 aromatic carbocycles. The van der Waals surface area contributed by atoms with Gasteiger partial charge in [0.2, 0.25) is 5.91 Å². The number of aryl methyl sites for hydroxylation is 2. The average Bonchev–Trinajstić information content (AvgIpc) is 2.72. The summed E-state index contributed by atoms with van der Waals surface area (Å²) < 4.78 is 5.80. The van der Waals surface area contributed by atoms with Crippen molar-refractivity contribution in [1.82, 2.24) is 10.2 Å². The van der Waals surface area contributed by atoms with Gasteiger partial charge in [0.25, 0.3) is 5.91 Å². The summed E-state index contributed by atoms with van der Waals surface area (Å²) in [5.74, 6) is 0.359. The van der Waals surface area contributed by atoms with Gasteiger partial charge in [-0.05, 0) is 55.5 Å². The lowest BCUT2D eigenvalue weighted by Gasteiger charge is -2.30. The Kier molecular flexibility index (Phi) is 9.39. The van der Waals surface area contributed by atoms with Gasteiger partial charge < -0.3 is 15.0 Å². The predicted octanol–water partition coefficient (Wildman–Crippen LogP) is 4.41. The summed E-state index contributed by atoms with van der Waals surface area (Å²) in [4.78, 5) is 27.6. The number of rotatable bonds is 11. The van der Waals surface area contributed by atoms with E-state index in [0.29, 0.717) is 25.3 Å². The molecule has 0 aromatic heterocycles. The molecule has 5 nitrogen and oxygen atoms in total. The van der Waals surface area contributed by atoms with Crippen LogP contribution >= 0.6 is 0 Å². The minimum atomic E-state index is -0.530. The fourth-order valence-corrected chi connectivity index (χ4v) is 3.45. The standard InChI is InChI=1S/C25H34N2O3/c1-5-7-13-26-25(29)23(6-2)27(17-21-11-9-8-10-12-21)24(28)18-30-22-15-19(3)14-20(4)16-22/h8-12,14-16,23H,5-7,13,17-18H2,1-4H3,(H,26,29)/t23-/m1/s1. The number of amides is 2. The first-order valence-corrected chi connectivity index (χ1v) is 10.8. The van der Waals surface area contributed by atoms with Gasteiger partial charge in [0, 0.05) is 13.1 Å². The van der Waals surface area contributed by atoms with Gasteiger partial charge in [-0.1, -0.05) is 56.7 Å². The molecule has 5 heteroatoms. The summed E-state index contributed by atoms with van der Waals surface area (Å²) >= 11 is 0. The normalized spacial score (nSPS) is 11.6. The number of benzene rings is 2. The zero-order chi connectivity index (χ0) is 21.9. The molecule has 0 aliphatic carbocycles. The molecule has 0 heterocycles. The molecule has 1 N–H and O–H groups in total. The van der Waals surface area contributed by atoms with E-state index in [1.165, 1.54) is 0 Å². The topological polar surface area (TPSA) is 58.6 Å². The van der Waals surface area contributed by atoms with Crippen LogP contribution in [-0.4, -0.2) is 35.9 Å². The second-order valence-corrected chi connectivity index (χ2v) is 7.69. The zero-order valence-corrected chi connectivity index (χ0v) is 18.6. The number of nitrogens with zero attached hydrogens (tertiary/aromatic N) is 1. The third-order valence-electron chi connectivity index (χ3n) is 4.97. The summed E-state index contributed by atoms with van der Waals surface area (Å²) in [6.45, 7) is 8.90. The Morgan fingerprint density at radius 2 is 1.70 bits per heavy atom. The zero-order valence-electron chi connectivity index (χ0n) is 18.6. The maximum atomic E-state index is 13.1. The monoisotopic (exact) mass is 410 g/mol. The largest absolute Gasteiger partial charge is 0.484 e. The van der Waals surface area contributed by atoms with Crippen LogP contribution in [0.2, 0.25) is 0 Å². The molecule has 0 saturated carbocycles. The maximum Gasteiger partial charge on any atom is 0.261 e. The first-order valence-electron chi connectivity index (χ1n) is 10.8. The van der Waals surface area contributed by atoms with Crippen LogP contribution in [0.25, 0.3) is 0 Å². The minimum Gasteiger partial charge on any atom is -0.484 e. The number of nitrogens with one attached hydrogen (secondary N) is 1. The third kappa shape index (κ3) is 7.21. The van der Waals surface area contributed by atoms with Crippen molar-refractivity contribution in [2.24, 2.45) is 0 Å². The van der Waals surface area contributed by atoms with Crippen molar-refractivity contribution in [3.63, 3.8) is 0 Å². The lowest BCUT2D eigenvalue weighted by atomic mass is 10.1. The molecule has 0 bridgehead atoms. The minimum absolute atomic E-state index is 0.103. The van der Waals surface area contributed by atoms with Crippen LogP contribution in [0.5, 0.6) is 5.75 Å². The number of unbranched alkanes of at least 4 members (excludes halogenated alkanes) is 1. The highest BCUT2D eigenvalue weighted by molar-refractivity contribution is 5.88. The van der Waals surface area contributed by atoms with E-state index in [1.54, 1.807) is 4.90 Å². The van der Waals surface area contributed by atoms with Crippen LogP contribution in [0.3, 0.4) is 0 Å². The highest BCUT2D eigenvalue weighted by Gasteiger charge is 2.28. The number of hydrogen-bond acceptors (Lipinski definition) is 3. The van der Waals surface area contributed by atoms with Crippen LogP contribution < -0.4 is 10.1 Å². The maximum absolute atomic E-state index is 13.1. The number of ether oxygens (including phenoxy) is 1. The van der Waals surface area contributed by atoms with Crippen molar-refractivity contribution >= 4 is 11.8 Å². The Balaban J connectivity index is 2.16. The van der Waals surface area contributed by atoms with E-state index in [-0.39, 0.29) is 18.4 Å². The van der Waals surface area contributed by atoms with Gasteiger partial charge in [0.05, 0.1) is 0 Å². The molecule has 2 amide bonds. The fourth-order valence-electron chi connectivity index (χ4n) is 3.45. The van der Waals surface area contributed by atoms with Crippen LogP contribution in [0.15, 0.2) is 48.5 Å². The molecule has 0 aliphatic heterocycles. The molecule has 30 heavy (non-hydrogen) atoms. The Labute approximate surface area is 180 Å². The van der Waals surface area contributed by atoms with Crippen molar-refractivity contribution < 1.29 is 14.3 Å². The van der Waals surface area contributed by atoms with Crippen LogP contribution in [-0.2, 0) is 16.1 Å². The number of hydrogen-bond donors (Lipinski definition) is 1. The van der Waals surface area contributed by atoms with E-state index in [9.17, 15) is 9.59 Å². The Morgan fingerprint density at radius 3 is 2.30 bits per heavy atom. The van der Waals surface area contributed by atoms with E-state index >= 15 is 0 Å². The van der Waals surface area contributed by atoms with Crippen molar-refractivity contribution in [3.8, 4) is 5.75 Å². The first kappa shape index (κ1) is 23.5. The van der Waals surface area contributed by atoms with Gasteiger partial charge in [-0.2, -0.15) is 0 Å². The Morgan fingerprint density at radius 1 is 1.03 bits per heavy atom. The second kappa shape index (κ2) is 12.0. The van der Waals surface area contributed by atoms with E-state index < -0.39 is 6.04 Å². The van der Waals surface area contributed by atoms with Crippen molar-refractivity contribution in [3.05, 3.63) is 65.2 Å². The van der Waals surface area contributed by atoms with Crippen molar-refractivity contribution in [2.45, 2.75) is 59.5 Å². The SMILES string of the molecule is CCCCNC(=O)[C@@H](CC)N(Cc1ccccc1)C(=O)COc1cc(C)cc(C)c1. The van der Waals surface area contributed by atoms with Crippen molar-refractivity contribution in [1.29, 1.82) is 0 Å². The first-order chi connectivity index (χ1) is 14.4. The van der Waals surface area contributed by atoms with Crippen LogP contribution in [0.4, 0.5) is 0 Å². The molecular formula is C25H34N2O3. The lowest BCUT2D eigenvalue weighted by Crippen LogP contribution is -2.50. The molecule has 0 radical (unpaired) electrons. The summed E-state index contributed by atoms with van der Waals surface area (Å²) in [7, 11) is 0. The smallest absolute Gasteiger partial charge is 0.261 e. The Bertz CT molecular complexity index is 800. The van der Waals surface area contributed by atoms with Gasteiger partial charge in [-0.15, -0.1) is 0 Å². The number of carbonyl (C=O) groups is 2. The lowest BCUT2D eigenvalue weighted by molar-refractivity contribution is -0.143. The molecule has 0 unspecified atom stereocenters. The molecule has 0 aliphatic rings. The summed E-state index contributed by atoms with van der Waals surface area (Å²) in [5.41, 5.74) is 3.15. The molecule has 0 fully saturated rings. The average molecular weight is 411 g/mol.